The van der Waals surface area contributed by atoms with Gasteiger partial charge in [0.15, 0.2) is 0 Å². The number of carbonyl (C=O) groups is 1. The van der Waals surface area contributed by atoms with E-state index in [4.69, 9.17) is 9.05 Å². The Balaban J connectivity index is 2.43. The first kappa shape index (κ1) is 64.1. The Kier molecular flexibility index (Phi) is 40.8. The first-order valence-electron chi connectivity index (χ1n) is 27.7. The van der Waals surface area contributed by atoms with E-state index in [9.17, 15) is 50.0 Å². The Hall–Kier alpha value is -0.960. The van der Waals surface area contributed by atoms with Gasteiger partial charge in [-0.05, 0) is 19.3 Å². The number of phosphoric acid groups is 1. The number of aliphatic hydroxyl groups excluding tert-OH is 7. The lowest BCUT2D eigenvalue weighted by Crippen LogP contribution is -2.64. The van der Waals surface area contributed by atoms with Gasteiger partial charge in [-0.2, -0.15) is 0 Å². The fourth-order valence-electron chi connectivity index (χ4n) is 9.13. The molecule has 0 radical (unpaired) electrons. The van der Waals surface area contributed by atoms with Crippen LogP contribution in [0, 0.1) is 0 Å². The monoisotopic (exact) mass is 978 g/mol. The summed E-state index contributed by atoms with van der Waals surface area (Å²) in [5, 5.41) is 74.8. The van der Waals surface area contributed by atoms with Crippen LogP contribution >= 0.6 is 7.82 Å². The highest BCUT2D eigenvalue weighted by molar-refractivity contribution is 7.47. The Labute approximate surface area is 408 Å². The van der Waals surface area contributed by atoms with Gasteiger partial charge in [-0.3, -0.25) is 13.8 Å². The molecule has 67 heavy (non-hydrogen) atoms. The lowest BCUT2D eigenvalue weighted by Gasteiger charge is -2.41. The van der Waals surface area contributed by atoms with E-state index < -0.39 is 75.2 Å². The van der Waals surface area contributed by atoms with Crippen molar-refractivity contribution in [2.75, 3.05) is 6.61 Å². The number of hydrogen-bond acceptors (Lipinski definition) is 11. The highest BCUT2D eigenvalue weighted by Crippen LogP contribution is 2.47. The first-order chi connectivity index (χ1) is 32.3. The number of unbranched alkanes of at least 4 members (excludes halogenated alkanes) is 34. The predicted octanol–water partition coefficient (Wildman–Crippen LogP) is 10.9. The van der Waals surface area contributed by atoms with Crippen LogP contribution in [0.5, 0.6) is 0 Å². The van der Waals surface area contributed by atoms with Crippen molar-refractivity contribution in [3.63, 3.8) is 0 Å². The lowest BCUT2D eigenvalue weighted by atomic mass is 9.85. The number of aliphatic hydroxyl groups is 7. The van der Waals surface area contributed by atoms with Crippen molar-refractivity contribution in [1.82, 2.24) is 5.32 Å². The molecule has 1 aliphatic rings. The quantitative estimate of drug-likeness (QED) is 0.0158. The van der Waals surface area contributed by atoms with E-state index in [2.05, 4.69) is 19.2 Å². The highest BCUT2D eigenvalue weighted by Gasteiger charge is 2.51. The van der Waals surface area contributed by atoms with Gasteiger partial charge in [-0.1, -0.05) is 244 Å². The van der Waals surface area contributed by atoms with Crippen molar-refractivity contribution in [3.8, 4) is 0 Å². The first-order valence-corrected chi connectivity index (χ1v) is 29.2. The van der Waals surface area contributed by atoms with Crippen molar-refractivity contribution in [2.24, 2.45) is 0 Å². The van der Waals surface area contributed by atoms with Gasteiger partial charge in [0.2, 0.25) is 5.91 Å². The molecule has 0 bridgehead atoms. The van der Waals surface area contributed by atoms with Gasteiger partial charge in [0.25, 0.3) is 0 Å². The maximum atomic E-state index is 13.1. The number of allylic oxidation sites excluding steroid dienone is 1. The van der Waals surface area contributed by atoms with E-state index in [1.165, 1.54) is 186 Å². The summed E-state index contributed by atoms with van der Waals surface area (Å²) in [5.41, 5.74) is 0. The van der Waals surface area contributed by atoms with Crippen molar-refractivity contribution >= 4 is 13.7 Å². The van der Waals surface area contributed by atoms with E-state index in [0.717, 1.165) is 44.9 Å². The van der Waals surface area contributed by atoms with Crippen LogP contribution in [-0.2, 0) is 18.4 Å². The molecule has 398 valence electrons. The van der Waals surface area contributed by atoms with E-state index in [1.807, 2.05) is 0 Å². The fourth-order valence-corrected chi connectivity index (χ4v) is 10.1. The predicted molar refractivity (Wildman–Crippen MR) is 271 cm³/mol. The molecule has 9 N–H and O–H groups in total. The summed E-state index contributed by atoms with van der Waals surface area (Å²) >= 11 is 0. The molecule has 0 aromatic carbocycles. The van der Waals surface area contributed by atoms with Crippen molar-refractivity contribution in [3.05, 3.63) is 12.2 Å². The molecule has 0 spiro atoms. The molecule has 0 aromatic rings. The summed E-state index contributed by atoms with van der Waals surface area (Å²) in [6, 6.07) is -1.24. The van der Waals surface area contributed by atoms with Crippen LogP contribution in [0.4, 0.5) is 0 Å². The molecular formula is C53H104NO12P. The third kappa shape index (κ3) is 34.1. The SMILES string of the molecule is CCCCCCCCCCCCCCCCCC/C=C/C(O)C(COP(=O)(O)OC1C(O)C(O)C(O)C(O)C1O)NC(=O)CC(O)CCCCCCCCCCCCCCCCCCCCC. The van der Waals surface area contributed by atoms with Gasteiger partial charge >= 0.3 is 7.82 Å². The summed E-state index contributed by atoms with van der Waals surface area (Å²) in [5.74, 6) is -0.587. The molecule has 1 fully saturated rings. The smallest absolute Gasteiger partial charge is 0.393 e. The summed E-state index contributed by atoms with van der Waals surface area (Å²) in [7, 11) is -5.14. The van der Waals surface area contributed by atoms with E-state index in [-0.39, 0.29) is 6.42 Å². The largest absolute Gasteiger partial charge is 0.472 e. The fraction of sp³-hybridized carbons (Fsp3) is 0.943. The summed E-state index contributed by atoms with van der Waals surface area (Å²) in [4.78, 5) is 23.6. The average Bonchev–Trinajstić information content (AvgIpc) is 3.30. The Bertz CT molecular complexity index is 1200. The Morgan fingerprint density at radius 2 is 0.851 bits per heavy atom. The number of carbonyl (C=O) groups excluding carboxylic acids is 1. The minimum Gasteiger partial charge on any atom is -0.393 e. The van der Waals surface area contributed by atoms with Crippen LogP contribution in [0.1, 0.15) is 258 Å². The molecule has 1 saturated carbocycles. The number of hydrogen-bond donors (Lipinski definition) is 9. The minimum atomic E-state index is -5.14. The van der Waals surface area contributed by atoms with Crippen LogP contribution in [0.2, 0.25) is 0 Å². The van der Waals surface area contributed by atoms with Crippen LogP contribution in [0.15, 0.2) is 12.2 Å². The topological polar surface area (TPSA) is 226 Å². The molecule has 14 heteroatoms. The van der Waals surface area contributed by atoms with Crippen LogP contribution in [-0.4, -0.2) is 108 Å². The molecule has 1 aliphatic carbocycles. The van der Waals surface area contributed by atoms with Crippen LogP contribution in [0.25, 0.3) is 0 Å². The summed E-state index contributed by atoms with van der Waals surface area (Å²) in [6.45, 7) is 3.79. The molecule has 13 nitrogen and oxygen atoms in total. The molecule has 0 saturated heterocycles. The van der Waals surface area contributed by atoms with Gasteiger partial charge in [-0.25, -0.2) is 4.57 Å². The molecule has 8 unspecified atom stereocenters. The van der Waals surface area contributed by atoms with Crippen LogP contribution in [0.3, 0.4) is 0 Å². The van der Waals surface area contributed by atoms with Gasteiger partial charge < -0.3 is 46.0 Å². The Morgan fingerprint density at radius 1 is 0.522 bits per heavy atom. The van der Waals surface area contributed by atoms with Crippen molar-refractivity contribution < 1.29 is 59.0 Å². The third-order valence-corrected chi connectivity index (χ3v) is 14.6. The van der Waals surface area contributed by atoms with Crippen LogP contribution < -0.4 is 5.32 Å². The lowest BCUT2D eigenvalue weighted by molar-refractivity contribution is -0.220. The van der Waals surface area contributed by atoms with Crippen molar-refractivity contribution in [2.45, 2.75) is 313 Å². The minimum absolute atomic E-state index is 0.239. The second-order valence-electron chi connectivity index (χ2n) is 20.0. The second kappa shape index (κ2) is 42.7. The zero-order valence-electron chi connectivity index (χ0n) is 42.6. The molecule has 0 aromatic heterocycles. The normalized spacial score (nSPS) is 22.2. The molecule has 8 atom stereocenters. The zero-order valence-corrected chi connectivity index (χ0v) is 43.5. The number of phosphoric ester groups is 1. The van der Waals surface area contributed by atoms with Gasteiger partial charge in [0.05, 0.1) is 31.3 Å². The maximum absolute atomic E-state index is 13.1. The molecule has 0 heterocycles. The maximum Gasteiger partial charge on any atom is 0.472 e. The van der Waals surface area contributed by atoms with Gasteiger partial charge in [0, 0.05) is 0 Å². The molecule has 0 aliphatic heterocycles. The van der Waals surface area contributed by atoms with E-state index in [0.29, 0.717) is 12.8 Å². The third-order valence-electron chi connectivity index (χ3n) is 13.6. The average molecular weight is 978 g/mol. The standard InChI is InChI=1S/C53H104NO12P/c1-3-5-7-9-11-13-15-17-19-21-23-24-26-28-30-32-34-36-38-40-44(55)42-47(57)54-45(43-65-67(63,64)66-53-51(61)49(59)48(58)50(60)52(53)62)46(56)41-39-37-35-33-31-29-27-25-22-20-18-16-14-12-10-8-6-4-2/h39,41,44-46,48-53,55-56,58-62H,3-38,40,42-43H2,1-2H3,(H,54,57)(H,63,64)/b41-39+. The van der Waals surface area contributed by atoms with Gasteiger partial charge in [-0.15, -0.1) is 0 Å². The molecule has 1 amide bonds. The summed E-state index contributed by atoms with van der Waals surface area (Å²) in [6.07, 6.45) is 34.3. The highest BCUT2D eigenvalue weighted by atomic mass is 31.2. The summed E-state index contributed by atoms with van der Waals surface area (Å²) < 4.78 is 23.0. The molecular weight excluding hydrogens is 874 g/mol. The zero-order chi connectivity index (χ0) is 49.4. The number of rotatable bonds is 47. The van der Waals surface area contributed by atoms with E-state index >= 15 is 0 Å². The van der Waals surface area contributed by atoms with E-state index in [1.54, 1.807) is 6.08 Å². The number of nitrogens with one attached hydrogen (secondary N) is 1. The second-order valence-corrected chi connectivity index (χ2v) is 21.4. The Morgan fingerprint density at radius 3 is 1.22 bits per heavy atom. The number of amides is 1. The van der Waals surface area contributed by atoms with Crippen molar-refractivity contribution in [1.29, 1.82) is 0 Å². The van der Waals surface area contributed by atoms with Gasteiger partial charge in [0.1, 0.15) is 36.6 Å². The molecule has 1 rings (SSSR count).